The van der Waals surface area contributed by atoms with Crippen LogP contribution in [0.2, 0.25) is 0 Å². The Bertz CT molecular complexity index is 555. The molecule has 0 atom stereocenters. The lowest BCUT2D eigenvalue weighted by Crippen LogP contribution is -2.04. The van der Waals surface area contributed by atoms with Gasteiger partial charge in [0.25, 0.3) is 0 Å². The van der Waals surface area contributed by atoms with Crippen molar-refractivity contribution >= 4 is 5.97 Å². The van der Waals surface area contributed by atoms with Gasteiger partial charge in [-0.3, -0.25) is 0 Å². The minimum Gasteiger partial charge on any atom is -0.477 e. The van der Waals surface area contributed by atoms with Gasteiger partial charge < -0.3 is 9.84 Å². The van der Waals surface area contributed by atoms with E-state index in [0.717, 1.165) is 12.8 Å². The number of aryl methyl sites for hydroxylation is 1. The predicted octanol–water partition coefficient (Wildman–Crippen LogP) is 2.93. The van der Waals surface area contributed by atoms with E-state index in [4.69, 9.17) is 9.84 Å². The molecule has 0 spiro atoms. The van der Waals surface area contributed by atoms with Crippen LogP contribution < -0.4 is 0 Å². The van der Waals surface area contributed by atoms with Crippen LogP contribution in [0, 0.1) is 0 Å². The molecule has 0 bridgehead atoms. The van der Waals surface area contributed by atoms with Gasteiger partial charge in [0.2, 0.25) is 0 Å². The Labute approximate surface area is 118 Å². The van der Waals surface area contributed by atoms with Gasteiger partial charge in [-0.1, -0.05) is 36.4 Å². The first-order valence-corrected chi connectivity index (χ1v) is 6.56. The van der Waals surface area contributed by atoms with Crippen LogP contribution in [0.25, 0.3) is 0 Å². The average Bonchev–Trinajstić information content (AvgIpc) is 2.48. The monoisotopic (exact) mass is 271 g/mol. The summed E-state index contributed by atoms with van der Waals surface area (Å²) in [6.45, 7) is 0.976. The van der Waals surface area contributed by atoms with Gasteiger partial charge in [-0.15, -0.1) is 0 Å². The summed E-state index contributed by atoms with van der Waals surface area (Å²) in [4.78, 5) is 14.8. The first-order chi connectivity index (χ1) is 9.75. The zero-order chi connectivity index (χ0) is 14.2. The fourth-order valence-electron chi connectivity index (χ4n) is 1.88. The van der Waals surface area contributed by atoms with Crippen molar-refractivity contribution in [2.75, 3.05) is 6.61 Å². The maximum atomic E-state index is 10.8. The van der Waals surface area contributed by atoms with E-state index in [-0.39, 0.29) is 5.69 Å². The van der Waals surface area contributed by atoms with Gasteiger partial charge in [0.05, 0.1) is 12.3 Å². The summed E-state index contributed by atoms with van der Waals surface area (Å²) in [6, 6.07) is 15.2. The van der Waals surface area contributed by atoms with Crippen molar-refractivity contribution in [3.05, 3.63) is 65.5 Å². The highest BCUT2D eigenvalue weighted by molar-refractivity contribution is 5.85. The number of ether oxygens (including phenoxy) is 1. The van der Waals surface area contributed by atoms with E-state index < -0.39 is 5.97 Å². The molecule has 104 valence electrons. The number of carboxylic acid groups (broad SMARTS) is 1. The molecule has 0 aliphatic heterocycles. The van der Waals surface area contributed by atoms with Crippen molar-refractivity contribution in [1.82, 2.24) is 4.98 Å². The lowest BCUT2D eigenvalue weighted by Gasteiger charge is -2.05. The van der Waals surface area contributed by atoms with Gasteiger partial charge in [-0.05, 0) is 30.5 Å². The second kappa shape index (κ2) is 7.40. The van der Waals surface area contributed by atoms with Crippen LogP contribution in [-0.4, -0.2) is 22.7 Å². The topological polar surface area (TPSA) is 59.4 Å². The molecule has 0 aliphatic rings. The minimum absolute atomic E-state index is 0.0513. The molecule has 0 saturated heterocycles. The van der Waals surface area contributed by atoms with Gasteiger partial charge >= 0.3 is 5.97 Å². The van der Waals surface area contributed by atoms with Gasteiger partial charge in [0, 0.05) is 6.61 Å². The number of rotatable bonds is 7. The third kappa shape index (κ3) is 4.48. The number of aromatic nitrogens is 1. The highest BCUT2D eigenvalue weighted by Crippen LogP contribution is 2.04. The lowest BCUT2D eigenvalue weighted by molar-refractivity contribution is 0.0688. The summed E-state index contributed by atoms with van der Waals surface area (Å²) in [5.74, 6) is -1.02. The molecule has 1 heterocycles. The molecular weight excluding hydrogens is 254 g/mol. The molecule has 4 heteroatoms. The molecule has 1 aromatic carbocycles. The number of nitrogens with zero attached hydrogens (tertiary/aromatic N) is 1. The van der Waals surface area contributed by atoms with Crippen LogP contribution in [0.4, 0.5) is 0 Å². The summed E-state index contributed by atoms with van der Waals surface area (Å²) in [6.07, 6.45) is 1.91. The zero-order valence-electron chi connectivity index (χ0n) is 11.2. The minimum atomic E-state index is -1.02. The quantitative estimate of drug-likeness (QED) is 0.787. The molecule has 0 unspecified atom stereocenters. The van der Waals surface area contributed by atoms with E-state index >= 15 is 0 Å². The molecule has 1 N–H and O–H groups in total. The van der Waals surface area contributed by atoms with Gasteiger partial charge in [0.1, 0.15) is 5.69 Å². The number of pyridine rings is 1. The van der Waals surface area contributed by atoms with E-state index in [9.17, 15) is 4.79 Å². The number of aromatic carboxylic acids is 1. The maximum absolute atomic E-state index is 10.8. The van der Waals surface area contributed by atoms with Gasteiger partial charge in [-0.25, -0.2) is 9.78 Å². The Hall–Kier alpha value is -2.20. The van der Waals surface area contributed by atoms with E-state index in [0.29, 0.717) is 18.9 Å². The number of carboxylic acids is 1. The first-order valence-electron chi connectivity index (χ1n) is 6.56. The normalized spacial score (nSPS) is 10.4. The summed E-state index contributed by atoms with van der Waals surface area (Å²) >= 11 is 0. The highest BCUT2D eigenvalue weighted by Gasteiger charge is 2.04. The van der Waals surface area contributed by atoms with E-state index in [2.05, 4.69) is 17.1 Å². The van der Waals surface area contributed by atoms with Crippen LogP contribution in [0.3, 0.4) is 0 Å². The molecule has 0 fully saturated rings. The fourth-order valence-corrected chi connectivity index (χ4v) is 1.88. The third-order valence-corrected chi connectivity index (χ3v) is 2.87. The predicted molar refractivity (Wildman–Crippen MR) is 75.6 cm³/mol. The van der Waals surface area contributed by atoms with Gasteiger partial charge in [-0.2, -0.15) is 0 Å². The Balaban J connectivity index is 1.71. The number of carbonyl (C=O) groups is 1. The van der Waals surface area contributed by atoms with Crippen molar-refractivity contribution in [3.8, 4) is 0 Å². The SMILES string of the molecule is O=C(O)c1cccc(COCCCc2ccccc2)n1. The number of hydrogen-bond acceptors (Lipinski definition) is 3. The van der Waals surface area contributed by atoms with Crippen molar-refractivity contribution in [2.24, 2.45) is 0 Å². The molecule has 2 aromatic rings. The second-order valence-electron chi connectivity index (χ2n) is 4.46. The van der Waals surface area contributed by atoms with Crippen molar-refractivity contribution in [3.63, 3.8) is 0 Å². The van der Waals surface area contributed by atoms with E-state index in [1.54, 1.807) is 12.1 Å². The smallest absolute Gasteiger partial charge is 0.354 e. The fraction of sp³-hybridized carbons (Fsp3) is 0.250. The number of benzene rings is 1. The first kappa shape index (κ1) is 14.2. The molecule has 4 nitrogen and oxygen atoms in total. The van der Waals surface area contributed by atoms with Crippen LogP contribution in [0.1, 0.15) is 28.2 Å². The van der Waals surface area contributed by atoms with E-state index in [1.807, 2.05) is 18.2 Å². The Morgan fingerprint density at radius 3 is 2.65 bits per heavy atom. The Morgan fingerprint density at radius 1 is 1.10 bits per heavy atom. The van der Waals surface area contributed by atoms with Crippen molar-refractivity contribution in [1.29, 1.82) is 0 Å². The second-order valence-corrected chi connectivity index (χ2v) is 4.46. The van der Waals surface area contributed by atoms with Crippen molar-refractivity contribution < 1.29 is 14.6 Å². The molecule has 1 aromatic heterocycles. The maximum Gasteiger partial charge on any atom is 0.354 e. The standard InChI is InChI=1S/C16H17NO3/c18-16(19)15-10-4-9-14(17-15)12-20-11-5-8-13-6-2-1-3-7-13/h1-4,6-7,9-10H,5,8,11-12H2,(H,18,19). The van der Waals surface area contributed by atoms with Crippen molar-refractivity contribution in [2.45, 2.75) is 19.4 Å². The molecule has 20 heavy (non-hydrogen) atoms. The Morgan fingerprint density at radius 2 is 1.90 bits per heavy atom. The molecular formula is C16H17NO3. The third-order valence-electron chi connectivity index (χ3n) is 2.87. The largest absolute Gasteiger partial charge is 0.477 e. The van der Waals surface area contributed by atoms with Gasteiger partial charge in [0.15, 0.2) is 0 Å². The average molecular weight is 271 g/mol. The molecule has 0 saturated carbocycles. The lowest BCUT2D eigenvalue weighted by atomic mass is 10.1. The molecule has 2 rings (SSSR count). The summed E-state index contributed by atoms with van der Waals surface area (Å²) in [7, 11) is 0. The molecule has 0 aliphatic carbocycles. The summed E-state index contributed by atoms with van der Waals surface area (Å²) in [5, 5.41) is 8.84. The summed E-state index contributed by atoms with van der Waals surface area (Å²) in [5.41, 5.74) is 1.99. The van der Waals surface area contributed by atoms with Crippen LogP contribution >= 0.6 is 0 Å². The molecule has 0 amide bonds. The van der Waals surface area contributed by atoms with Crippen LogP contribution in [-0.2, 0) is 17.8 Å². The van der Waals surface area contributed by atoms with E-state index in [1.165, 1.54) is 11.6 Å². The zero-order valence-corrected chi connectivity index (χ0v) is 11.2. The van der Waals surface area contributed by atoms with Crippen LogP contribution in [0.15, 0.2) is 48.5 Å². The Kier molecular flexibility index (Phi) is 5.26. The summed E-state index contributed by atoms with van der Waals surface area (Å²) < 4.78 is 5.52. The number of hydrogen-bond donors (Lipinski definition) is 1. The van der Waals surface area contributed by atoms with Crippen LogP contribution in [0.5, 0.6) is 0 Å². The highest BCUT2D eigenvalue weighted by atomic mass is 16.5. The molecule has 0 radical (unpaired) electrons.